The first-order chi connectivity index (χ1) is 9.81. The lowest BCUT2D eigenvalue weighted by molar-refractivity contribution is -0.139. The molecule has 9 heteroatoms. The maximum absolute atomic E-state index is 11.2. The van der Waals surface area contributed by atoms with Gasteiger partial charge in [-0.1, -0.05) is 11.6 Å². The third-order valence-electron chi connectivity index (χ3n) is 2.50. The zero-order valence-electron chi connectivity index (χ0n) is 10.1. The normalized spacial score (nSPS) is 10.5. The fraction of sp³-hybridized carbons (Fsp3) is 0.0833. The molecule has 0 saturated carbocycles. The molecule has 0 spiro atoms. The number of carboxylic acid groups (broad SMARTS) is 3. The van der Waals surface area contributed by atoms with Crippen molar-refractivity contribution >= 4 is 50.9 Å². The molecule has 0 aliphatic heterocycles. The number of benzene rings is 1. The summed E-state index contributed by atoms with van der Waals surface area (Å²) in [5, 5.41) is 26.9. The van der Waals surface area contributed by atoms with Gasteiger partial charge in [0.2, 0.25) is 0 Å². The number of fused-ring (bicyclic) bond motifs is 1. The van der Waals surface area contributed by atoms with Crippen LogP contribution in [0.15, 0.2) is 12.1 Å². The third-order valence-corrected chi connectivity index (χ3v) is 3.93. The summed E-state index contributed by atoms with van der Waals surface area (Å²) >= 11 is 6.61. The second-order valence-corrected chi connectivity index (χ2v) is 5.34. The number of aliphatic carboxylic acids is 1. The summed E-state index contributed by atoms with van der Waals surface area (Å²) in [5.41, 5.74) is -0.174. The maximum atomic E-state index is 11.2. The molecule has 0 fully saturated rings. The molecule has 0 aliphatic carbocycles. The van der Waals surface area contributed by atoms with E-state index >= 15 is 0 Å². The van der Waals surface area contributed by atoms with E-state index in [1.807, 2.05) is 0 Å². The lowest BCUT2D eigenvalue weighted by atomic mass is 10.1. The molecule has 0 aliphatic rings. The van der Waals surface area contributed by atoms with Crippen LogP contribution >= 0.6 is 22.9 Å². The number of carboxylic acids is 3. The summed E-state index contributed by atoms with van der Waals surface area (Å²) in [6, 6.07) is 2.48. The number of ether oxygens (including phenoxy) is 1. The minimum absolute atomic E-state index is 0.0927. The highest BCUT2D eigenvalue weighted by atomic mass is 35.5. The van der Waals surface area contributed by atoms with Crippen LogP contribution in [0.25, 0.3) is 10.1 Å². The molecule has 0 atom stereocenters. The smallest absolute Gasteiger partial charge is 0.349 e. The van der Waals surface area contributed by atoms with E-state index in [4.69, 9.17) is 31.7 Å². The Hall–Kier alpha value is -2.32. The van der Waals surface area contributed by atoms with Crippen LogP contribution in [0, 0.1) is 0 Å². The van der Waals surface area contributed by atoms with E-state index < -0.39 is 24.5 Å². The van der Waals surface area contributed by atoms with E-state index in [-0.39, 0.29) is 26.6 Å². The molecular weight excluding hydrogens is 324 g/mol. The van der Waals surface area contributed by atoms with Crippen molar-refractivity contribution in [2.24, 2.45) is 0 Å². The minimum atomic E-state index is -1.30. The highest BCUT2D eigenvalue weighted by Gasteiger charge is 2.22. The molecule has 0 unspecified atom stereocenters. The Morgan fingerprint density at radius 3 is 2.33 bits per heavy atom. The second-order valence-electron chi connectivity index (χ2n) is 3.88. The van der Waals surface area contributed by atoms with Crippen LogP contribution in [0.2, 0.25) is 5.02 Å². The monoisotopic (exact) mass is 330 g/mol. The number of hydrogen-bond donors (Lipinski definition) is 3. The van der Waals surface area contributed by atoms with E-state index in [9.17, 15) is 14.4 Å². The Kier molecular flexibility index (Phi) is 4.01. The Balaban J connectivity index is 2.66. The average Bonchev–Trinajstić information content (AvgIpc) is 2.73. The highest BCUT2D eigenvalue weighted by molar-refractivity contribution is 7.21. The molecule has 0 radical (unpaired) electrons. The molecular formula is C12H7ClO7S. The lowest BCUT2D eigenvalue weighted by Crippen LogP contribution is -2.10. The summed E-state index contributed by atoms with van der Waals surface area (Å²) in [6.45, 7) is -0.718. The number of aromatic carboxylic acids is 2. The highest BCUT2D eigenvalue weighted by Crippen LogP contribution is 2.40. The third kappa shape index (κ3) is 2.91. The fourth-order valence-electron chi connectivity index (χ4n) is 1.68. The molecule has 3 N–H and O–H groups in total. The SMILES string of the molecule is O=C(O)COc1c(C(=O)O)sc2cc(C(=O)O)c(Cl)cc12. The number of hydrogen-bond acceptors (Lipinski definition) is 5. The standard InChI is InChI=1S/C12H7ClO7S/c13-6-1-5-7(2-4(6)11(16)17)21-10(12(18)19)9(5)20-3-8(14)15/h1-2H,3H2,(H,14,15)(H,16,17)(H,18,19). The van der Waals surface area contributed by atoms with E-state index in [0.29, 0.717) is 4.70 Å². The van der Waals surface area contributed by atoms with Gasteiger partial charge in [-0.25, -0.2) is 14.4 Å². The van der Waals surface area contributed by atoms with E-state index in [0.717, 1.165) is 11.3 Å². The molecule has 1 aromatic heterocycles. The summed E-state index contributed by atoms with van der Waals surface area (Å²) < 4.78 is 5.32. The molecule has 7 nitrogen and oxygen atoms in total. The second kappa shape index (κ2) is 5.58. The van der Waals surface area contributed by atoms with Gasteiger partial charge in [0.1, 0.15) is 0 Å². The van der Waals surface area contributed by atoms with Gasteiger partial charge in [0.25, 0.3) is 0 Å². The number of thiophene rings is 1. The van der Waals surface area contributed by atoms with Gasteiger partial charge in [0, 0.05) is 10.1 Å². The van der Waals surface area contributed by atoms with Crippen LogP contribution in [-0.2, 0) is 4.79 Å². The van der Waals surface area contributed by atoms with Crippen LogP contribution in [0.3, 0.4) is 0 Å². The predicted octanol–water partition coefficient (Wildman–Crippen LogP) is 2.41. The Labute approximate surface area is 125 Å². The van der Waals surface area contributed by atoms with Gasteiger partial charge >= 0.3 is 17.9 Å². The van der Waals surface area contributed by atoms with Gasteiger partial charge in [-0.2, -0.15) is 0 Å². The van der Waals surface area contributed by atoms with Crippen molar-refractivity contribution in [3.63, 3.8) is 0 Å². The van der Waals surface area contributed by atoms with E-state index in [1.165, 1.54) is 12.1 Å². The maximum Gasteiger partial charge on any atom is 0.349 e. The zero-order valence-corrected chi connectivity index (χ0v) is 11.7. The van der Waals surface area contributed by atoms with Crippen LogP contribution < -0.4 is 4.74 Å². The van der Waals surface area contributed by atoms with Gasteiger partial charge in [0.15, 0.2) is 17.2 Å². The molecule has 110 valence electrons. The average molecular weight is 331 g/mol. The van der Waals surface area contributed by atoms with Gasteiger partial charge in [-0.3, -0.25) is 0 Å². The molecule has 1 aromatic carbocycles. The molecule has 0 saturated heterocycles. The fourth-order valence-corrected chi connectivity index (χ4v) is 2.93. The summed E-state index contributed by atoms with van der Waals surface area (Å²) in [5.74, 6) is -3.95. The van der Waals surface area contributed by atoms with E-state index in [1.54, 1.807) is 0 Å². The largest absolute Gasteiger partial charge is 0.479 e. The zero-order chi connectivity index (χ0) is 15.7. The van der Waals surface area contributed by atoms with Crippen LogP contribution in [0.5, 0.6) is 5.75 Å². The first kappa shape index (κ1) is 15.1. The Morgan fingerprint density at radius 2 is 1.81 bits per heavy atom. The number of carbonyl (C=O) groups is 3. The van der Waals surface area contributed by atoms with Gasteiger partial charge in [-0.05, 0) is 12.1 Å². The van der Waals surface area contributed by atoms with Crippen molar-refractivity contribution in [3.8, 4) is 5.75 Å². The van der Waals surface area contributed by atoms with Crippen LogP contribution in [-0.4, -0.2) is 39.8 Å². The Bertz CT molecular complexity index is 765. The quantitative estimate of drug-likeness (QED) is 0.769. The number of halogens is 1. The van der Waals surface area contributed by atoms with Crippen LogP contribution in [0.1, 0.15) is 20.0 Å². The van der Waals surface area contributed by atoms with E-state index in [2.05, 4.69) is 0 Å². The van der Waals surface area contributed by atoms with Crippen LogP contribution in [0.4, 0.5) is 0 Å². The van der Waals surface area contributed by atoms with Crippen molar-refractivity contribution in [1.82, 2.24) is 0 Å². The summed E-state index contributed by atoms with van der Waals surface area (Å²) in [4.78, 5) is 32.5. The Morgan fingerprint density at radius 1 is 1.14 bits per heavy atom. The van der Waals surface area contributed by atoms with Gasteiger partial charge in [0.05, 0.1) is 10.6 Å². The van der Waals surface area contributed by atoms with Crippen molar-refractivity contribution in [2.75, 3.05) is 6.61 Å². The topological polar surface area (TPSA) is 121 Å². The molecule has 1 heterocycles. The lowest BCUT2D eigenvalue weighted by Gasteiger charge is -2.04. The summed E-state index contributed by atoms with van der Waals surface area (Å²) in [7, 11) is 0. The molecule has 21 heavy (non-hydrogen) atoms. The molecule has 0 amide bonds. The van der Waals surface area contributed by atoms with Crippen molar-refractivity contribution in [2.45, 2.75) is 0 Å². The number of rotatable bonds is 5. The first-order valence-electron chi connectivity index (χ1n) is 5.38. The van der Waals surface area contributed by atoms with Crippen molar-refractivity contribution < 1.29 is 34.4 Å². The molecule has 2 aromatic rings. The van der Waals surface area contributed by atoms with Gasteiger partial charge < -0.3 is 20.1 Å². The predicted molar refractivity (Wildman–Crippen MR) is 73.9 cm³/mol. The first-order valence-corrected chi connectivity index (χ1v) is 6.58. The summed E-state index contributed by atoms with van der Waals surface area (Å²) in [6.07, 6.45) is 0. The minimum Gasteiger partial charge on any atom is -0.479 e. The molecule has 0 bridgehead atoms. The van der Waals surface area contributed by atoms with Crippen molar-refractivity contribution in [1.29, 1.82) is 0 Å². The molecule has 2 rings (SSSR count). The van der Waals surface area contributed by atoms with Crippen molar-refractivity contribution in [3.05, 3.63) is 27.6 Å². The van der Waals surface area contributed by atoms with Gasteiger partial charge in [-0.15, -0.1) is 11.3 Å².